The van der Waals surface area contributed by atoms with Gasteiger partial charge in [0.25, 0.3) is 16.1 Å². The van der Waals surface area contributed by atoms with E-state index in [-0.39, 0.29) is 29.4 Å². The molecule has 0 saturated heterocycles. The third-order valence-corrected chi connectivity index (χ3v) is 6.13. The van der Waals surface area contributed by atoms with Crippen LogP contribution in [-0.2, 0) is 31.0 Å². The number of carbonyl (C=O) groups excluding carboxylic acids is 3. The first kappa shape index (κ1) is 27.5. The van der Waals surface area contributed by atoms with Gasteiger partial charge in [0, 0.05) is 23.7 Å². The average Bonchev–Trinajstić information content (AvgIpc) is 3.38. The fourth-order valence-electron chi connectivity index (χ4n) is 3.10. The minimum Gasteiger partial charge on any atom is -0.336 e. The van der Waals surface area contributed by atoms with Crippen molar-refractivity contribution in [1.82, 2.24) is 35.7 Å². The van der Waals surface area contributed by atoms with Crippen molar-refractivity contribution in [2.45, 2.75) is 19.4 Å². The van der Waals surface area contributed by atoms with E-state index in [1.165, 1.54) is 59.0 Å². The molecule has 2 aromatic carbocycles. The molecule has 0 aliphatic rings. The summed E-state index contributed by atoms with van der Waals surface area (Å²) in [5.74, 6) is -3.28. The van der Waals surface area contributed by atoms with E-state index >= 15 is 0 Å². The summed E-state index contributed by atoms with van der Waals surface area (Å²) in [6.45, 7) is 1.83. The Bertz CT molecular complexity index is 1370. The number of anilines is 2. The first-order chi connectivity index (χ1) is 17.6. The molecule has 3 aromatic rings. The third-order valence-electron chi connectivity index (χ3n) is 4.72. The molecule has 37 heavy (non-hydrogen) atoms. The van der Waals surface area contributed by atoms with E-state index in [9.17, 15) is 22.8 Å². The largest absolute Gasteiger partial charge is 0.336 e. The van der Waals surface area contributed by atoms with Crippen LogP contribution in [0.5, 0.6) is 0 Å². The molecule has 0 aliphatic heterocycles. The molecule has 196 valence electrons. The lowest BCUT2D eigenvalue weighted by Crippen LogP contribution is -2.50. The highest BCUT2D eigenvalue weighted by Crippen LogP contribution is 2.23. The van der Waals surface area contributed by atoms with E-state index in [1.54, 1.807) is 6.92 Å². The lowest BCUT2D eigenvalue weighted by molar-refractivity contribution is -0.139. The summed E-state index contributed by atoms with van der Waals surface area (Å²) < 4.78 is 29.5. The lowest BCUT2D eigenvalue weighted by atomic mass is 10.0. The minimum atomic E-state index is -3.73. The van der Waals surface area contributed by atoms with E-state index < -0.39 is 34.0 Å². The summed E-state index contributed by atoms with van der Waals surface area (Å²) in [4.78, 5) is 37.3. The van der Waals surface area contributed by atoms with Crippen molar-refractivity contribution >= 4 is 50.9 Å². The molecule has 3 rings (SSSR count). The Kier molecular flexibility index (Phi) is 9.07. The molecule has 0 unspecified atom stereocenters. The van der Waals surface area contributed by atoms with Gasteiger partial charge in [-0.25, -0.2) is 5.48 Å². The summed E-state index contributed by atoms with van der Waals surface area (Å²) in [6, 6.07) is 9.02. The molecule has 3 amide bonds. The number of carbonyl (C=O) groups is 3. The summed E-state index contributed by atoms with van der Waals surface area (Å²) in [5, 5.41) is 24.8. The Morgan fingerprint density at radius 3 is 2.46 bits per heavy atom. The van der Waals surface area contributed by atoms with Gasteiger partial charge in [0.2, 0.25) is 0 Å². The number of nitrogens with zero attached hydrogens (tertiary/aromatic N) is 4. The van der Waals surface area contributed by atoms with Crippen LogP contribution < -0.4 is 25.6 Å². The number of benzene rings is 2. The van der Waals surface area contributed by atoms with E-state index in [2.05, 4.69) is 35.6 Å². The number of hydrogen-bond acceptors (Lipinski definition) is 9. The zero-order chi connectivity index (χ0) is 27.0. The van der Waals surface area contributed by atoms with E-state index in [1.807, 2.05) is 0 Å². The number of hydrogen-bond donors (Lipinski definition) is 6. The number of tetrazole rings is 1. The number of hydroxylamine groups is 1. The summed E-state index contributed by atoms with van der Waals surface area (Å²) in [7, 11) is -3.73. The fraction of sp³-hybridized carbons (Fsp3) is 0.200. The van der Waals surface area contributed by atoms with Crippen LogP contribution in [-0.4, -0.2) is 64.1 Å². The third kappa shape index (κ3) is 7.68. The number of halogens is 1. The van der Waals surface area contributed by atoms with Crippen molar-refractivity contribution in [2.24, 2.45) is 0 Å². The van der Waals surface area contributed by atoms with Crippen molar-refractivity contribution < 1.29 is 28.0 Å². The van der Waals surface area contributed by atoms with Gasteiger partial charge >= 0.3 is 11.8 Å². The first-order valence-electron chi connectivity index (χ1n) is 10.6. The van der Waals surface area contributed by atoms with Gasteiger partial charge in [-0.3, -0.25) is 24.3 Å². The van der Waals surface area contributed by atoms with Gasteiger partial charge < -0.3 is 10.6 Å². The van der Waals surface area contributed by atoms with Crippen molar-refractivity contribution in [3.63, 3.8) is 0 Å². The summed E-state index contributed by atoms with van der Waals surface area (Å²) in [5.41, 5.74) is 2.65. The summed E-state index contributed by atoms with van der Waals surface area (Å²) in [6.07, 6.45) is 1.15. The molecule has 0 aliphatic carbocycles. The zero-order valence-electron chi connectivity index (χ0n) is 19.2. The molecular weight excluding hydrogens is 530 g/mol. The monoisotopic (exact) mass is 551 g/mol. The molecule has 1 heterocycles. The van der Waals surface area contributed by atoms with Crippen LogP contribution in [0.3, 0.4) is 0 Å². The van der Waals surface area contributed by atoms with Crippen molar-refractivity contribution in [3.05, 3.63) is 59.4 Å². The van der Waals surface area contributed by atoms with Crippen molar-refractivity contribution in [3.8, 4) is 5.69 Å². The van der Waals surface area contributed by atoms with Gasteiger partial charge in [0.1, 0.15) is 12.4 Å². The van der Waals surface area contributed by atoms with Gasteiger partial charge in [-0.15, -0.1) is 5.10 Å². The first-order valence-corrected chi connectivity index (χ1v) is 12.4. The van der Waals surface area contributed by atoms with Gasteiger partial charge in [0.15, 0.2) is 0 Å². The Morgan fingerprint density at radius 2 is 1.84 bits per heavy atom. The topological polar surface area (TPSA) is 209 Å². The molecule has 6 N–H and O–H groups in total. The molecule has 1 atom stereocenters. The second-order valence-electron chi connectivity index (χ2n) is 7.38. The van der Waals surface area contributed by atoms with Crippen LogP contribution in [0.2, 0.25) is 5.02 Å². The van der Waals surface area contributed by atoms with Gasteiger partial charge in [-0.1, -0.05) is 30.7 Å². The SMILES string of the molecule is CCNS(=O)(=O)Nc1ccc(C[C@H](NC(=O)C(=O)Nc2cc(Cl)ccc2-n2cnnn2)C(=O)NO)cc1. The summed E-state index contributed by atoms with van der Waals surface area (Å²) >= 11 is 6.00. The highest BCUT2D eigenvalue weighted by Gasteiger charge is 2.25. The highest BCUT2D eigenvalue weighted by atomic mass is 35.5. The Hall–Kier alpha value is -4.12. The van der Waals surface area contributed by atoms with E-state index in [0.717, 1.165) is 0 Å². The number of nitrogens with one attached hydrogen (secondary N) is 5. The van der Waals surface area contributed by atoms with Crippen LogP contribution in [0.1, 0.15) is 12.5 Å². The predicted octanol–water partition coefficient (Wildman–Crippen LogP) is -0.247. The Morgan fingerprint density at radius 1 is 1.11 bits per heavy atom. The van der Waals surface area contributed by atoms with Crippen molar-refractivity contribution in [2.75, 3.05) is 16.6 Å². The van der Waals surface area contributed by atoms with Gasteiger partial charge in [-0.05, 0) is 46.3 Å². The minimum absolute atomic E-state index is 0.124. The number of aromatic nitrogens is 4. The predicted molar refractivity (Wildman–Crippen MR) is 131 cm³/mol. The number of rotatable bonds is 10. The lowest BCUT2D eigenvalue weighted by Gasteiger charge is -2.17. The quantitative estimate of drug-likeness (QED) is 0.111. The van der Waals surface area contributed by atoms with E-state index in [4.69, 9.17) is 16.8 Å². The fourth-order valence-corrected chi connectivity index (χ4v) is 4.17. The average molecular weight is 552 g/mol. The maximum atomic E-state index is 12.6. The zero-order valence-corrected chi connectivity index (χ0v) is 20.7. The van der Waals surface area contributed by atoms with E-state index in [0.29, 0.717) is 11.3 Å². The van der Waals surface area contributed by atoms with Crippen LogP contribution in [0, 0.1) is 0 Å². The Balaban J connectivity index is 1.70. The molecule has 17 heteroatoms. The van der Waals surface area contributed by atoms with Crippen molar-refractivity contribution in [1.29, 1.82) is 0 Å². The molecule has 0 saturated carbocycles. The second-order valence-corrected chi connectivity index (χ2v) is 9.31. The number of amides is 3. The second kappa shape index (κ2) is 12.2. The highest BCUT2D eigenvalue weighted by molar-refractivity contribution is 7.90. The Labute approximate surface area is 215 Å². The molecule has 0 spiro atoms. The molecular formula is C20H22ClN9O6S. The van der Waals surface area contributed by atoms with Crippen LogP contribution in [0.25, 0.3) is 5.69 Å². The van der Waals surface area contributed by atoms with Crippen LogP contribution in [0.4, 0.5) is 11.4 Å². The van der Waals surface area contributed by atoms with Crippen LogP contribution >= 0.6 is 11.6 Å². The normalized spacial score (nSPS) is 11.9. The van der Waals surface area contributed by atoms with Crippen LogP contribution in [0.15, 0.2) is 48.8 Å². The standard InChI is InChI=1S/C20H22ClN9O6S/c1-2-23-37(35,36)27-14-6-3-12(4-7-14)9-16(18(31)26-34)25-20(33)19(32)24-15-10-13(21)5-8-17(15)30-11-22-28-29-30/h3-8,10-11,16,23,27,34H,2,9H2,1H3,(H,24,32)(H,25,33)(H,26,31)/t16-/m0/s1. The maximum absolute atomic E-state index is 12.6. The maximum Gasteiger partial charge on any atom is 0.313 e. The smallest absolute Gasteiger partial charge is 0.313 e. The molecule has 0 bridgehead atoms. The molecule has 0 fully saturated rings. The van der Waals surface area contributed by atoms with Gasteiger partial charge in [-0.2, -0.15) is 17.8 Å². The molecule has 15 nitrogen and oxygen atoms in total. The van der Waals surface area contributed by atoms with Gasteiger partial charge in [0.05, 0.1) is 11.4 Å². The molecule has 1 aromatic heterocycles. The molecule has 0 radical (unpaired) electrons.